The summed E-state index contributed by atoms with van der Waals surface area (Å²) in [4.78, 5) is 12.9. The van der Waals surface area contributed by atoms with E-state index < -0.39 is 16.1 Å². The molecule has 1 aromatic heterocycles. The number of amides is 1. The number of rotatable bonds is 7. The van der Waals surface area contributed by atoms with Crippen molar-refractivity contribution in [1.82, 2.24) is 14.5 Å². The number of benzene rings is 1. The first-order chi connectivity index (χ1) is 12.9. The fraction of sp³-hybridized carbons (Fsp3) is 0.353. The topological polar surface area (TPSA) is 92.3 Å². The van der Waals surface area contributed by atoms with Gasteiger partial charge >= 0.3 is 0 Å². The minimum absolute atomic E-state index is 0.201. The Bertz CT molecular complexity index is 925. The van der Waals surface area contributed by atoms with Gasteiger partial charge in [-0.25, -0.2) is 8.42 Å². The van der Waals surface area contributed by atoms with Gasteiger partial charge in [-0.1, -0.05) is 46.9 Å². The fourth-order valence-electron chi connectivity index (χ4n) is 2.77. The zero-order valence-electron chi connectivity index (χ0n) is 14.8. The molecule has 2 aromatic rings. The van der Waals surface area contributed by atoms with Crippen molar-refractivity contribution in [3.8, 4) is 0 Å². The van der Waals surface area contributed by atoms with E-state index in [0.717, 1.165) is 9.90 Å². The molecule has 1 amide bonds. The van der Waals surface area contributed by atoms with Gasteiger partial charge in [0.1, 0.15) is 6.04 Å². The van der Waals surface area contributed by atoms with Gasteiger partial charge in [-0.15, -0.1) is 16.8 Å². The molecule has 1 aromatic carbocycles. The lowest BCUT2D eigenvalue weighted by atomic mass is 10.2. The van der Waals surface area contributed by atoms with Crippen LogP contribution in [0.5, 0.6) is 0 Å². The molecular weight excluding hydrogens is 404 g/mol. The minimum atomic E-state index is -3.72. The van der Waals surface area contributed by atoms with Crippen LogP contribution in [-0.4, -0.2) is 47.2 Å². The van der Waals surface area contributed by atoms with Crippen molar-refractivity contribution in [3.05, 3.63) is 42.5 Å². The van der Waals surface area contributed by atoms with Crippen molar-refractivity contribution >= 4 is 44.2 Å². The highest BCUT2D eigenvalue weighted by Crippen LogP contribution is 2.29. The molecule has 144 valence electrons. The lowest BCUT2D eigenvalue weighted by Gasteiger charge is -2.23. The van der Waals surface area contributed by atoms with Crippen molar-refractivity contribution in [2.75, 3.05) is 17.6 Å². The summed E-state index contributed by atoms with van der Waals surface area (Å²) in [5.74, 6) is 0.327. The number of thioether (sulfide) groups is 1. The smallest absolute Gasteiger partial charge is 0.244 e. The SMILES string of the molecule is C=CCSc1nnc(NC(=O)[C@@H]2CCCN2S(=O)(=O)c2ccc(C)cc2)s1. The maximum absolute atomic E-state index is 12.9. The van der Waals surface area contributed by atoms with Crippen LogP contribution in [0.1, 0.15) is 18.4 Å². The Hall–Kier alpha value is -1.75. The number of aromatic nitrogens is 2. The number of nitrogens with zero attached hydrogens (tertiary/aromatic N) is 3. The number of carbonyl (C=O) groups excluding carboxylic acids is 1. The normalized spacial score (nSPS) is 17.7. The molecule has 0 bridgehead atoms. The average Bonchev–Trinajstić information content (AvgIpc) is 3.30. The van der Waals surface area contributed by atoms with E-state index >= 15 is 0 Å². The minimum Gasteiger partial charge on any atom is -0.299 e. The number of carbonyl (C=O) groups is 1. The van der Waals surface area contributed by atoms with Gasteiger partial charge in [0.25, 0.3) is 0 Å². The lowest BCUT2D eigenvalue weighted by Crippen LogP contribution is -2.43. The van der Waals surface area contributed by atoms with Crippen LogP contribution >= 0.6 is 23.1 Å². The standard InChI is InChI=1S/C17H20N4O3S3/c1-3-11-25-17-20-19-16(26-17)18-15(22)14-5-4-10-21(14)27(23,24)13-8-6-12(2)7-9-13/h3,6-9,14H,1,4-5,10-11H2,2H3,(H,18,19,22)/t14-/m0/s1. The quantitative estimate of drug-likeness (QED) is 0.417. The van der Waals surface area contributed by atoms with Crippen molar-refractivity contribution in [2.45, 2.75) is 35.0 Å². The van der Waals surface area contributed by atoms with Gasteiger partial charge in [-0.2, -0.15) is 4.31 Å². The fourth-order valence-corrected chi connectivity index (χ4v) is 5.95. The first kappa shape index (κ1) is 20.0. The lowest BCUT2D eigenvalue weighted by molar-refractivity contribution is -0.119. The molecule has 0 unspecified atom stereocenters. The summed E-state index contributed by atoms with van der Waals surface area (Å²) >= 11 is 2.73. The summed E-state index contributed by atoms with van der Waals surface area (Å²) < 4.78 is 27.9. The monoisotopic (exact) mass is 424 g/mol. The summed E-state index contributed by atoms with van der Waals surface area (Å²) in [7, 11) is -3.72. The Morgan fingerprint density at radius 2 is 2.15 bits per heavy atom. The summed E-state index contributed by atoms with van der Waals surface area (Å²) in [6.45, 7) is 5.87. The van der Waals surface area contributed by atoms with Crippen LogP contribution in [0.25, 0.3) is 0 Å². The molecule has 0 saturated carbocycles. The Morgan fingerprint density at radius 3 is 2.85 bits per heavy atom. The highest BCUT2D eigenvalue weighted by Gasteiger charge is 2.39. The van der Waals surface area contributed by atoms with E-state index in [1.165, 1.54) is 27.4 Å². The van der Waals surface area contributed by atoms with Crippen molar-refractivity contribution in [2.24, 2.45) is 0 Å². The molecule has 0 aliphatic carbocycles. The van der Waals surface area contributed by atoms with E-state index in [9.17, 15) is 13.2 Å². The van der Waals surface area contributed by atoms with Crippen LogP contribution in [0, 0.1) is 6.92 Å². The molecule has 0 radical (unpaired) electrons. The molecule has 2 heterocycles. The Labute approximate surface area is 166 Å². The van der Waals surface area contributed by atoms with Crippen LogP contribution in [0.4, 0.5) is 5.13 Å². The third-order valence-corrected chi connectivity index (χ3v) is 7.99. The largest absolute Gasteiger partial charge is 0.299 e. The Kier molecular flexibility index (Phi) is 6.30. The van der Waals surface area contributed by atoms with Crippen molar-refractivity contribution in [3.63, 3.8) is 0 Å². The van der Waals surface area contributed by atoms with Crippen LogP contribution in [0.15, 0.2) is 46.2 Å². The summed E-state index contributed by atoms with van der Waals surface area (Å²) in [5.41, 5.74) is 0.978. The third kappa shape index (κ3) is 4.57. The summed E-state index contributed by atoms with van der Waals surface area (Å²) in [5, 5.41) is 11.0. The maximum Gasteiger partial charge on any atom is 0.244 e. The van der Waals surface area contributed by atoms with Crippen molar-refractivity contribution in [1.29, 1.82) is 0 Å². The summed E-state index contributed by atoms with van der Waals surface area (Å²) in [6.07, 6.45) is 2.88. The number of aryl methyl sites for hydroxylation is 1. The highest BCUT2D eigenvalue weighted by atomic mass is 32.2. The zero-order chi connectivity index (χ0) is 19.4. The second-order valence-corrected chi connectivity index (χ2v) is 10.2. The molecule has 0 spiro atoms. The number of nitrogens with one attached hydrogen (secondary N) is 1. The van der Waals surface area contributed by atoms with Gasteiger partial charge in [-0.3, -0.25) is 10.1 Å². The molecular formula is C17H20N4O3S3. The molecule has 7 nitrogen and oxygen atoms in total. The van der Waals surface area contributed by atoms with Gasteiger partial charge < -0.3 is 0 Å². The van der Waals surface area contributed by atoms with Crippen LogP contribution in [0.2, 0.25) is 0 Å². The van der Waals surface area contributed by atoms with E-state index in [0.29, 0.717) is 30.3 Å². The van der Waals surface area contributed by atoms with E-state index in [1.807, 2.05) is 6.92 Å². The third-order valence-electron chi connectivity index (χ3n) is 4.10. The first-order valence-corrected chi connectivity index (χ1v) is 11.6. The molecule has 27 heavy (non-hydrogen) atoms. The van der Waals surface area contributed by atoms with Crippen LogP contribution < -0.4 is 5.32 Å². The molecule has 1 N–H and O–H groups in total. The molecule has 1 aliphatic rings. The number of sulfonamides is 1. The van der Waals surface area contributed by atoms with Gasteiger partial charge in [0, 0.05) is 12.3 Å². The van der Waals surface area contributed by atoms with E-state index in [-0.39, 0.29) is 10.8 Å². The van der Waals surface area contributed by atoms with E-state index in [2.05, 4.69) is 22.1 Å². The van der Waals surface area contributed by atoms with Crippen LogP contribution in [-0.2, 0) is 14.8 Å². The van der Waals surface area contributed by atoms with Gasteiger partial charge in [0.2, 0.25) is 21.1 Å². The van der Waals surface area contributed by atoms with Gasteiger partial charge in [0.05, 0.1) is 4.90 Å². The molecule has 1 aliphatic heterocycles. The van der Waals surface area contributed by atoms with Gasteiger partial charge in [0.15, 0.2) is 4.34 Å². The molecule has 1 atom stereocenters. The Morgan fingerprint density at radius 1 is 1.41 bits per heavy atom. The number of hydrogen-bond donors (Lipinski definition) is 1. The Balaban J connectivity index is 1.73. The second kappa shape index (κ2) is 8.51. The van der Waals surface area contributed by atoms with Crippen LogP contribution in [0.3, 0.4) is 0 Å². The van der Waals surface area contributed by atoms with Crippen molar-refractivity contribution < 1.29 is 13.2 Å². The second-order valence-electron chi connectivity index (χ2n) is 6.05. The predicted octanol–water partition coefficient (Wildman–Crippen LogP) is 2.92. The summed E-state index contributed by atoms with van der Waals surface area (Å²) in [6, 6.07) is 5.91. The first-order valence-electron chi connectivity index (χ1n) is 8.38. The molecule has 3 rings (SSSR count). The molecule has 1 saturated heterocycles. The molecule has 10 heteroatoms. The number of hydrogen-bond acceptors (Lipinski definition) is 7. The van der Waals surface area contributed by atoms with E-state index in [4.69, 9.17) is 0 Å². The average molecular weight is 425 g/mol. The van der Waals surface area contributed by atoms with E-state index in [1.54, 1.807) is 30.3 Å². The number of anilines is 1. The molecule has 1 fully saturated rings. The zero-order valence-corrected chi connectivity index (χ0v) is 17.2. The van der Waals surface area contributed by atoms with Gasteiger partial charge in [-0.05, 0) is 31.9 Å². The predicted molar refractivity (Wildman–Crippen MR) is 108 cm³/mol. The maximum atomic E-state index is 12.9. The highest BCUT2D eigenvalue weighted by molar-refractivity contribution is 8.01.